The largest absolute Gasteiger partial charge is 0.352 e. The van der Waals surface area contributed by atoms with Crippen LogP contribution in [-0.4, -0.2) is 40.8 Å². The molecule has 122 valence electrons. The molecule has 0 saturated carbocycles. The lowest BCUT2D eigenvalue weighted by Crippen LogP contribution is -2.42. The van der Waals surface area contributed by atoms with Crippen LogP contribution in [0.4, 0.5) is 0 Å². The van der Waals surface area contributed by atoms with Gasteiger partial charge in [-0.3, -0.25) is 14.6 Å². The Kier molecular flexibility index (Phi) is 5.55. The van der Waals surface area contributed by atoms with Gasteiger partial charge in [0.05, 0.1) is 22.6 Å². The quantitative estimate of drug-likeness (QED) is 0.915. The average Bonchev–Trinajstić information content (AvgIpc) is 2.52. The summed E-state index contributed by atoms with van der Waals surface area (Å²) in [6, 6.07) is 6.97. The average molecular weight is 334 g/mol. The second-order valence-corrected chi connectivity index (χ2v) is 5.94. The number of amides is 2. The van der Waals surface area contributed by atoms with Gasteiger partial charge in [0, 0.05) is 24.2 Å². The molecule has 0 aliphatic carbocycles. The number of aromatic nitrogens is 1. The number of pyridine rings is 1. The van der Waals surface area contributed by atoms with Crippen LogP contribution < -0.4 is 5.32 Å². The van der Waals surface area contributed by atoms with Crippen LogP contribution in [0.25, 0.3) is 10.9 Å². The van der Waals surface area contributed by atoms with E-state index in [1.807, 2.05) is 26.8 Å². The molecule has 0 aliphatic rings. The van der Waals surface area contributed by atoms with Gasteiger partial charge in [-0.25, -0.2) is 0 Å². The number of rotatable bonds is 5. The topological polar surface area (TPSA) is 62.3 Å². The minimum Gasteiger partial charge on any atom is -0.352 e. The Balaban J connectivity index is 2.31. The minimum absolute atomic E-state index is 0.0183. The first-order valence-corrected chi connectivity index (χ1v) is 7.93. The van der Waals surface area contributed by atoms with Gasteiger partial charge in [0.2, 0.25) is 5.91 Å². The molecule has 23 heavy (non-hydrogen) atoms. The van der Waals surface area contributed by atoms with Crippen LogP contribution in [0.15, 0.2) is 30.5 Å². The van der Waals surface area contributed by atoms with Crippen LogP contribution in [0.3, 0.4) is 0 Å². The standard InChI is InChI=1S/C17H20ClN3O2/c1-4-21(10-15(22)20-11(2)3)17(23)13-7-8-14(18)12-6-5-9-19-16(12)13/h5-9,11H,4,10H2,1-3H3,(H,20,22). The predicted molar refractivity (Wildman–Crippen MR) is 91.6 cm³/mol. The Labute approximate surface area is 140 Å². The molecule has 6 heteroatoms. The van der Waals surface area contributed by atoms with E-state index < -0.39 is 0 Å². The number of hydrogen-bond donors (Lipinski definition) is 1. The van der Waals surface area contributed by atoms with Crippen molar-refractivity contribution >= 4 is 34.3 Å². The van der Waals surface area contributed by atoms with E-state index in [4.69, 9.17) is 11.6 Å². The summed E-state index contributed by atoms with van der Waals surface area (Å²) in [5.41, 5.74) is 0.997. The van der Waals surface area contributed by atoms with E-state index in [1.54, 1.807) is 24.4 Å². The summed E-state index contributed by atoms with van der Waals surface area (Å²) in [5, 5.41) is 4.06. The second-order valence-electron chi connectivity index (χ2n) is 5.54. The molecule has 1 heterocycles. The lowest BCUT2D eigenvalue weighted by molar-refractivity contribution is -0.122. The van der Waals surface area contributed by atoms with Gasteiger partial charge >= 0.3 is 0 Å². The zero-order valence-electron chi connectivity index (χ0n) is 13.5. The van der Waals surface area contributed by atoms with Crippen LogP contribution in [0, 0.1) is 0 Å². The first kappa shape index (κ1) is 17.2. The number of hydrogen-bond acceptors (Lipinski definition) is 3. The molecule has 0 aliphatic heterocycles. The Morgan fingerprint density at radius 1 is 1.30 bits per heavy atom. The van der Waals surface area contributed by atoms with Crippen LogP contribution >= 0.6 is 11.6 Å². The number of carbonyl (C=O) groups excluding carboxylic acids is 2. The van der Waals surface area contributed by atoms with Crippen LogP contribution in [-0.2, 0) is 4.79 Å². The van der Waals surface area contributed by atoms with E-state index in [9.17, 15) is 9.59 Å². The highest BCUT2D eigenvalue weighted by Crippen LogP contribution is 2.25. The fourth-order valence-electron chi connectivity index (χ4n) is 2.35. The summed E-state index contributed by atoms with van der Waals surface area (Å²) in [6.45, 7) is 6.05. The molecule has 2 aromatic rings. The third-order valence-electron chi connectivity index (χ3n) is 3.40. The summed E-state index contributed by atoms with van der Waals surface area (Å²) in [4.78, 5) is 30.5. The fourth-order valence-corrected chi connectivity index (χ4v) is 2.56. The van der Waals surface area contributed by atoms with E-state index in [1.165, 1.54) is 4.90 Å². The van der Waals surface area contributed by atoms with Crippen molar-refractivity contribution in [3.63, 3.8) is 0 Å². The van der Waals surface area contributed by atoms with Gasteiger partial charge in [0.25, 0.3) is 5.91 Å². The molecule has 0 fully saturated rings. The molecular weight excluding hydrogens is 314 g/mol. The smallest absolute Gasteiger partial charge is 0.256 e. The van der Waals surface area contributed by atoms with Gasteiger partial charge in [-0.2, -0.15) is 0 Å². The third kappa shape index (κ3) is 3.99. The van der Waals surface area contributed by atoms with Crippen molar-refractivity contribution in [2.24, 2.45) is 0 Å². The maximum atomic E-state index is 12.8. The number of likely N-dealkylation sites (N-methyl/N-ethyl adjacent to an activating group) is 1. The maximum absolute atomic E-state index is 12.8. The van der Waals surface area contributed by atoms with Crippen molar-refractivity contribution in [3.05, 3.63) is 41.0 Å². The van der Waals surface area contributed by atoms with Crippen molar-refractivity contribution in [3.8, 4) is 0 Å². The molecule has 1 aromatic heterocycles. The summed E-state index contributed by atoms with van der Waals surface area (Å²) in [5.74, 6) is -0.409. The summed E-state index contributed by atoms with van der Waals surface area (Å²) in [6.07, 6.45) is 1.62. The molecule has 1 aromatic carbocycles. The van der Waals surface area contributed by atoms with Gasteiger partial charge in [-0.15, -0.1) is 0 Å². The highest BCUT2D eigenvalue weighted by molar-refractivity contribution is 6.36. The molecule has 2 rings (SSSR count). The lowest BCUT2D eigenvalue weighted by atomic mass is 10.1. The van der Waals surface area contributed by atoms with Crippen molar-refractivity contribution < 1.29 is 9.59 Å². The monoisotopic (exact) mass is 333 g/mol. The van der Waals surface area contributed by atoms with Gasteiger partial charge in [-0.05, 0) is 45.0 Å². The van der Waals surface area contributed by atoms with Crippen molar-refractivity contribution in [1.82, 2.24) is 15.2 Å². The number of nitrogens with zero attached hydrogens (tertiary/aromatic N) is 2. The summed E-state index contributed by atoms with van der Waals surface area (Å²) >= 11 is 6.16. The zero-order valence-corrected chi connectivity index (χ0v) is 14.2. The van der Waals surface area contributed by atoms with Gasteiger partial charge in [0.15, 0.2) is 0 Å². The van der Waals surface area contributed by atoms with Crippen LogP contribution in [0.1, 0.15) is 31.1 Å². The van der Waals surface area contributed by atoms with Gasteiger partial charge < -0.3 is 10.2 Å². The van der Waals surface area contributed by atoms with Crippen molar-refractivity contribution in [1.29, 1.82) is 0 Å². The first-order chi connectivity index (χ1) is 10.9. The number of nitrogens with one attached hydrogen (secondary N) is 1. The number of carbonyl (C=O) groups is 2. The van der Waals surface area contributed by atoms with E-state index >= 15 is 0 Å². The first-order valence-electron chi connectivity index (χ1n) is 7.56. The van der Waals surface area contributed by atoms with E-state index in [0.29, 0.717) is 22.6 Å². The van der Waals surface area contributed by atoms with E-state index in [0.717, 1.165) is 5.39 Å². The molecule has 0 radical (unpaired) electrons. The molecule has 0 unspecified atom stereocenters. The SMILES string of the molecule is CCN(CC(=O)NC(C)C)C(=O)c1ccc(Cl)c2cccnc12. The fraction of sp³-hybridized carbons (Fsp3) is 0.353. The number of benzene rings is 1. The number of halogens is 1. The highest BCUT2D eigenvalue weighted by atomic mass is 35.5. The molecule has 1 N–H and O–H groups in total. The number of fused-ring (bicyclic) bond motifs is 1. The molecular formula is C17H20ClN3O2. The van der Waals surface area contributed by atoms with Gasteiger partial charge in [-0.1, -0.05) is 11.6 Å². The van der Waals surface area contributed by atoms with E-state index in [-0.39, 0.29) is 24.4 Å². The van der Waals surface area contributed by atoms with Crippen molar-refractivity contribution in [2.45, 2.75) is 26.8 Å². The molecule has 0 bridgehead atoms. The molecule has 2 amide bonds. The van der Waals surface area contributed by atoms with Crippen LogP contribution in [0.5, 0.6) is 0 Å². The van der Waals surface area contributed by atoms with Crippen molar-refractivity contribution in [2.75, 3.05) is 13.1 Å². The summed E-state index contributed by atoms with van der Waals surface area (Å²) in [7, 11) is 0. The molecule has 5 nitrogen and oxygen atoms in total. The Hall–Kier alpha value is -2.14. The van der Waals surface area contributed by atoms with Crippen LogP contribution in [0.2, 0.25) is 5.02 Å². The Morgan fingerprint density at radius 3 is 2.70 bits per heavy atom. The third-order valence-corrected chi connectivity index (χ3v) is 3.73. The lowest BCUT2D eigenvalue weighted by Gasteiger charge is -2.21. The minimum atomic E-state index is -0.230. The predicted octanol–water partition coefficient (Wildman–Crippen LogP) is 2.87. The maximum Gasteiger partial charge on any atom is 0.256 e. The van der Waals surface area contributed by atoms with E-state index in [2.05, 4.69) is 10.3 Å². The zero-order chi connectivity index (χ0) is 17.0. The summed E-state index contributed by atoms with van der Waals surface area (Å²) < 4.78 is 0. The Morgan fingerprint density at radius 2 is 2.04 bits per heavy atom. The Bertz CT molecular complexity index is 731. The van der Waals surface area contributed by atoms with Gasteiger partial charge in [0.1, 0.15) is 0 Å². The second kappa shape index (κ2) is 7.42. The molecule has 0 saturated heterocycles. The molecule has 0 spiro atoms. The normalized spacial score (nSPS) is 10.8. The molecule has 0 atom stereocenters. The highest BCUT2D eigenvalue weighted by Gasteiger charge is 2.20.